The van der Waals surface area contributed by atoms with E-state index in [1.165, 1.54) is 0 Å². The smallest absolute Gasteiger partial charge is 0.145 e. The van der Waals surface area contributed by atoms with Gasteiger partial charge in [-0.15, -0.1) is 0 Å². The van der Waals surface area contributed by atoms with Crippen LogP contribution in [-0.2, 0) is 5.41 Å². The monoisotopic (exact) mass is 257 g/mol. The molecule has 1 rings (SSSR count). The van der Waals surface area contributed by atoms with Gasteiger partial charge in [0, 0.05) is 12.0 Å². The number of hydrogen-bond acceptors (Lipinski definition) is 1. The van der Waals surface area contributed by atoms with Crippen LogP contribution in [0.5, 0.6) is 0 Å². The zero-order valence-electron chi connectivity index (χ0n) is 10.6. The molecule has 1 aromatic rings. The van der Waals surface area contributed by atoms with E-state index in [2.05, 4.69) is 13.8 Å². The van der Waals surface area contributed by atoms with Crippen molar-refractivity contribution in [3.63, 3.8) is 0 Å². The van der Waals surface area contributed by atoms with Crippen LogP contribution in [0, 0.1) is 5.82 Å². The summed E-state index contributed by atoms with van der Waals surface area (Å²) in [5.74, 6) is -0.304. The largest absolute Gasteiger partial charge is 0.330 e. The molecule has 0 bridgehead atoms. The summed E-state index contributed by atoms with van der Waals surface area (Å²) in [7, 11) is 0. The Kier molecular flexibility index (Phi) is 5.41. The summed E-state index contributed by atoms with van der Waals surface area (Å²) in [6.45, 7) is 4.66. The summed E-state index contributed by atoms with van der Waals surface area (Å²) >= 11 is 5.86. The van der Waals surface area contributed by atoms with Gasteiger partial charge in [-0.2, -0.15) is 0 Å². The lowest BCUT2D eigenvalue weighted by atomic mass is 9.73. The maximum absolute atomic E-state index is 14.1. The van der Waals surface area contributed by atoms with Gasteiger partial charge in [-0.3, -0.25) is 0 Å². The van der Waals surface area contributed by atoms with Gasteiger partial charge in [-0.25, -0.2) is 4.39 Å². The molecule has 0 radical (unpaired) electrons. The van der Waals surface area contributed by atoms with Crippen LogP contribution < -0.4 is 5.73 Å². The van der Waals surface area contributed by atoms with E-state index in [0.717, 1.165) is 25.7 Å². The SMILES string of the molecule is CCCC(CN)(CCC)c1cccc(Cl)c1F. The number of halogens is 2. The number of rotatable bonds is 6. The zero-order valence-corrected chi connectivity index (χ0v) is 11.4. The lowest BCUT2D eigenvalue weighted by Crippen LogP contribution is -2.36. The summed E-state index contributed by atoms with van der Waals surface area (Å²) in [5, 5.41) is 0.188. The fraction of sp³-hybridized carbons (Fsp3) is 0.571. The average Bonchev–Trinajstić information content (AvgIpc) is 2.32. The van der Waals surface area contributed by atoms with Gasteiger partial charge in [0.05, 0.1) is 5.02 Å². The summed E-state index contributed by atoms with van der Waals surface area (Å²) in [4.78, 5) is 0. The Hall–Kier alpha value is -0.600. The molecule has 0 saturated carbocycles. The van der Waals surface area contributed by atoms with E-state index in [9.17, 15) is 4.39 Å². The van der Waals surface area contributed by atoms with Crippen LogP contribution in [0.1, 0.15) is 45.1 Å². The Bertz CT molecular complexity index is 359. The molecular formula is C14H21ClFN. The van der Waals surface area contributed by atoms with Crippen molar-refractivity contribution in [2.24, 2.45) is 5.73 Å². The molecule has 0 amide bonds. The van der Waals surface area contributed by atoms with Crippen molar-refractivity contribution in [1.29, 1.82) is 0 Å². The van der Waals surface area contributed by atoms with E-state index in [4.69, 9.17) is 17.3 Å². The van der Waals surface area contributed by atoms with Gasteiger partial charge in [-0.1, -0.05) is 50.4 Å². The molecule has 0 heterocycles. The van der Waals surface area contributed by atoms with E-state index in [-0.39, 0.29) is 16.3 Å². The van der Waals surface area contributed by atoms with Crippen molar-refractivity contribution < 1.29 is 4.39 Å². The van der Waals surface area contributed by atoms with Crippen molar-refractivity contribution in [2.45, 2.75) is 44.9 Å². The van der Waals surface area contributed by atoms with Crippen molar-refractivity contribution in [3.8, 4) is 0 Å². The van der Waals surface area contributed by atoms with Gasteiger partial charge in [0.25, 0.3) is 0 Å². The van der Waals surface area contributed by atoms with Crippen molar-refractivity contribution in [2.75, 3.05) is 6.54 Å². The van der Waals surface area contributed by atoms with Gasteiger partial charge in [0.2, 0.25) is 0 Å². The van der Waals surface area contributed by atoms with E-state index < -0.39 is 0 Å². The first-order valence-electron chi connectivity index (χ1n) is 6.26. The molecule has 96 valence electrons. The highest BCUT2D eigenvalue weighted by Gasteiger charge is 2.32. The maximum atomic E-state index is 14.1. The van der Waals surface area contributed by atoms with Gasteiger partial charge in [0.1, 0.15) is 5.82 Å². The quantitative estimate of drug-likeness (QED) is 0.809. The molecule has 0 saturated heterocycles. The van der Waals surface area contributed by atoms with Crippen LogP contribution in [0.3, 0.4) is 0 Å². The molecule has 0 aliphatic rings. The van der Waals surface area contributed by atoms with Crippen LogP contribution in [0.2, 0.25) is 5.02 Å². The van der Waals surface area contributed by atoms with E-state index in [0.29, 0.717) is 12.1 Å². The van der Waals surface area contributed by atoms with Crippen LogP contribution in [0.25, 0.3) is 0 Å². The number of nitrogens with two attached hydrogens (primary N) is 1. The fourth-order valence-electron chi connectivity index (χ4n) is 2.58. The van der Waals surface area contributed by atoms with Crippen LogP contribution in [-0.4, -0.2) is 6.54 Å². The minimum absolute atomic E-state index is 0.188. The Morgan fingerprint density at radius 2 is 1.82 bits per heavy atom. The van der Waals surface area contributed by atoms with Crippen molar-refractivity contribution in [1.82, 2.24) is 0 Å². The second-order valence-corrected chi connectivity index (χ2v) is 4.99. The summed E-state index contributed by atoms with van der Waals surface area (Å²) < 4.78 is 14.1. The minimum Gasteiger partial charge on any atom is -0.330 e. The molecule has 0 fully saturated rings. The summed E-state index contributed by atoms with van der Waals surface area (Å²) in [6, 6.07) is 5.20. The van der Waals surface area contributed by atoms with Gasteiger partial charge < -0.3 is 5.73 Å². The highest BCUT2D eigenvalue weighted by molar-refractivity contribution is 6.30. The Morgan fingerprint density at radius 1 is 1.24 bits per heavy atom. The normalized spacial score (nSPS) is 11.8. The fourth-order valence-corrected chi connectivity index (χ4v) is 2.75. The molecule has 0 aliphatic heterocycles. The van der Waals surface area contributed by atoms with Gasteiger partial charge >= 0.3 is 0 Å². The van der Waals surface area contributed by atoms with E-state index in [1.54, 1.807) is 12.1 Å². The summed E-state index contributed by atoms with van der Waals surface area (Å²) in [6.07, 6.45) is 3.77. The Balaban J connectivity index is 3.24. The highest BCUT2D eigenvalue weighted by atomic mass is 35.5. The maximum Gasteiger partial charge on any atom is 0.145 e. The molecule has 0 spiro atoms. The molecular weight excluding hydrogens is 237 g/mol. The lowest BCUT2D eigenvalue weighted by molar-refractivity contribution is 0.351. The second kappa shape index (κ2) is 6.36. The molecule has 2 N–H and O–H groups in total. The highest BCUT2D eigenvalue weighted by Crippen LogP contribution is 2.36. The lowest BCUT2D eigenvalue weighted by Gasteiger charge is -2.33. The van der Waals surface area contributed by atoms with Crippen molar-refractivity contribution >= 4 is 11.6 Å². The number of hydrogen-bond donors (Lipinski definition) is 1. The first-order valence-corrected chi connectivity index (χ1v) is 6.63. The molecule has 1 nitrogen and oxygen atoms in total. The first kappa shape index (κ1) is 14.5. The van der Waals surface area contributed by atoms with E-state index in [1.807, 2.05) is 6.07 Å². The van der Waals surface area contributed by atoms with Crippen LogP contribution in [0.15, 0.2) is 18.2 Å². The Labute approximate surface area is 108 Å². The predicted molar refractivity (Wildman–Crippen MR) is 72.0 cm³/mol. The minimum atomic E-state index is -0.304. The average molecular weight is 258 g/mol. The molecule has 17 heavy (non-hydrogen) atoms. The third-order valence-corrected chi connectivity index (χ3v) is 3.66. The molecule has 3 heteroatoms. The van der Waals surface area contributed by atoms with Crippen molar-refractivity contribution in [3.05, 3.63) is 34.6 Å². The topological polar surface area (TPSA) is 26.0 Å². The van der Waals surface area contributed by atoms with Crippen LogP contribution in [0.4, 0.5) is 4.39 Å². The van der Waals surface area contributed by atoms with Gasteiger partial charge in [0.15, 0.2) is 0 Å². The third kappa shape index (κ3) is 2.99. The number of benzene rings is 1. The van der Waals surface area contributed by atoms with Gasteiger partial charge in [-0.05, 0) is 24.5 Å². The third-order valence-electron chi connectivity index (χ3n) is 3.37. The Morgan fingerprint density at radius 3 is 2.29 bits per heavy atom. The molecule has 0 aliphatic carbocycles. The second-order valence-electron chi connectivity index (χ2n) is 4.59. The molecule has 0 unspecified atom stereocenters. The molecule has 1 aromatic carbocycles. The molecule has 0 aromatic heterocycles. The van der Waals surface area contributed by atoms with Crippen LogP contribution >= 0.6 is 11.6 Å². The first-order chi connectivity index (χ1) is 8.11. The molecule has 0 atom stereocenters. The zero-order chi connectivity index (χ0) is 12.9. The standard InChI is InChI=1S/C14H21ClFN/c1-3-8-14(10-17,9-4-2)11-6-5-7-12(15)13(11)16/h5-7H,3-4,8-10,17H2,1-2H3. The predicted octanol–water partition coefficient (Wildman–Crippen LogP) is 4.28. The summed E-state index contributed by atoms with van der Waals surface area (Å²) in [5.41, 5.74) is 6.33. The van der Waals surface area contributed by atoms with E-state index >= 15 is 0 Å².